The molecule has 15 heteroatoms. The average Bonchev–Trinajstić information content (AvgIpc) is 3.19. The van der Waals surface area contributed by atoms with Crippen molar-refractivity contribution >= 4 is 17.2 Å². The third-order valence-corrected chi connectivity index (χ3v) is 10.6. The van der Waals surface area contributed by atoms with Crippen LogP contribution < -0.4 is 28.4 Å². The van der Waals surface area contributed by atoms with E-state index in [2.05, 4.69) is 0 Å². The number of carbonyl (C=O) groups is 1. The molecule has 0 N–H and O–H groups in total. The molecule has 0 aliphatic rings. The lowest BCUT2D eigenvalue weighted by atomic mass is 9.81. The number of nitro benzene ring substituents is 2. The zero-order chi connectivity index (χ0) is 43.0. The highest BCUT2D eigenvalue weighted by atomic mass is 19.1. The van der Waals surface area contributed by atoms with Crippen LogP contribution in [-0.4, -0.2) is 57.3 Å². The van der Waals surface area contributed by atoms with E-state index in [1.54, 1.807) is 38.1 Å². The fourth-order valence-corrected chi connectivity index (χ4v) is 7.38. The molecule has 0 radical (unpaired) electrons. The highest BCUT2D eigenvalue weighted by Crippen LogP contribution is 2.54. The third kappa shape index (κ3) is 9.24. The molecular formula is C43H50F2N2O11. The molecule has 0 saturated heterocycles. The lowest BCUT2D eigenvalue weighted by molar-refractivity contribution is -0.386. The first-order chi connectivity index (χ1) is 27.5. The molecule has 0 aromatic heterocycles. The van der Waals surface area contributed by atoms with Gasteiger partial charge < -0.3 is 28.4 Å². The number of carbonyl (C=O) groups excluding carboxylic acids is 1. The van der Waals surface area contributed by atoms with E-state index in [0.29, 0.717) is 12.8 Å². The van der Waals surface area contributed by atoms with Crippen LogP contribution in [0.15, 0.2) is 48.5 Å². The van der Waals surface area contributed by atoms with Crippen molar-refractivity contribution in [3.63, 3.8) is 0 Å². The Balaban J connectivity index is 1.77. The van der Waals surface area contributed by atoms with Gasteiger partial charge in [-0.05, 0) is 73.9 Å². The van der Waals surface area contributed by atoms with Gasteiger partial charge in [0.05, 0.1) is 51.5 Å². The molecule has 4 unspecified atom stereocenters. The molecule has 4 aromatic rings. The van der Waals surface area contributed by atoms with Gasteiger partial charge in [0.2, 0.25) is 23.0 Å². The number of ketones is 1. The fraction of sp³-hybridized carbons (Fsp3) is 0.419. The second kappa shape index (κ2) is 19.4. The van der Waals surface area contributed by atoms with Gasteiger partial charge in [-0.15, -0.1) is 0 Å². The predicted molar refractivity (Wildman–Crippen MR) is 214 cm³/mol. The molecule has 4 atom stereocenters. The Morgan fingerprint density at radius 2 is 0.879 bits per heavy atom. The summed E-state index contributed by atoms with van der Waals surface area (Å²) in [6.07, 6.45) is 0.872. The fourth-order valence-electron chi connectivity index (χ4n) is 7.38. The van der Waals surface area contributed by atoms with Gasteiger partial charge in [0.1, 0.15) is 17.4 Å². The van der Waals surface area contributed by atoms with Gasteiger partial charge >= 0.3 is 11.4 Å². The molecule has 0 spiro atoms. The van der Waals surface area contributed by atoms with Crippen LogP contribution in [0.5, 0.6) is 34.5 Å². The highest BCUT2D eigenvalue weighted by Gasteiger charge is 2.40. The first-order valence-corrected chi connectivity index (χ1v) is 18.7. The third-order valence-electron chi connectivity index (χ3n) is 10.6. The molecule has 58 heavy (non-hydrogen) atoms. The number of halogens is 2. The number of hydrogen-bond donors (Lipinski definition) is 0. The number of nitrogens with zero attached hydrogens (tertiary/aromatic N) is 2. The van der Waals surface area contributed by atoms with Crippen molar-refractivity contribution in [2.75, 3.05) is 41.7 Å². The van der Waals surface area contributed by atoms with E-state index in [9.17, 15) is 33.8 Å². The van der Waals surface area contributed by atoms with Crippen LogP contribution in [0.4, 0.5) is 20.2 Å². The summed E-state index contributed by atoms with van der Waals surface area (Å²) >= 11 is 0. The lowest BCUT2D eigenvalue weighted by Gasteiger charge is -2.26. The number of nitro groups is 2. The second-order valence-corrected chi connectivity index (χ2v) is 14.1. The number of hydrogen-bond acceptors (Lipinski definition) is 11. The molecule has 4 rings (SSSR count). The molecule has 0 fully saturated rings. The van der Waals surface area contributed by atoms with Crippen LogP contribution in [0.1, 0.15) is 97.6 Å². The van der Waals surface area contributed by atoms with Crippen LogP contribution in [0.25, 0.3) is 0 Å². The number of rotatable bonds is 20. The van der Waals surface area contributed by atoms with E-state index in [4.69, 9.17) is 28.4 Å². The molecule has 0 saturated carbocycles. The van der Waals surface area contributed by atoms with Gasteiger partial charge in [-0.1, -0.05) is 52.0 Å². The van der Waals surface area contributed by atoms with Crippen LogP contribution >= 0.6 is 0 Å². The van der Waals surface area contributed by atoms with Gasteiger partial charge in [0.25, 0.3) is 0 Å². The summed E-state index contributed by atoms with van der Waals surface area (Å²) in [4.78, 5) is 38.6. The Morgan fingerprint density at radius 3 is 1.16 bits per heavy atom. The quantitative estimate of drug-likeness (QED) is 0.0618. The van der Waals surface area contributed by atoms with E-state index in [1.165, 1.54) is 66.6 Å². The summed E-state index contributed by atoms with van der Waals surface area (Å²) in [7, 11) is 5.22. The number of benzene rings is 4. The Labute approximate surface area is 336 Å². The number of methoxy groups -OCH3 is 4. The minimum absolute atomic E-state index is 0.0473. The normalized spacial score (nSPS) is 13.2. The maximum Gasteiger partial charge on any atom is 0.318 e. The molecular weight excluding hydrogens is 758 g/mol. The van der Waals surface area contributed by atoms with Gasteiger partial charge in [-0.25, -0.2) is 8.78 Å². The van der Waals surface area contributed by atoms with Gasteiger partial charge in [0.15, 0.2) is 11.5 Å². The predicted octanol–water partition coefficient (Wildman–Crippen LogP) is 10.1. The number of ether oxygens (including phenoxy) is 6. The van der Waals surface area contributed by atoms with Crippen molar-refractivity contribution in [1.29, 1.82) is 0 Å². The van der Waals surface area contributed by atoms with Crippen LogP contribution in [-0.2, 0) is 4.79 Å². The van der Waals surface area contributed by atoms with Crippen molar-refractivity contribution in [3.05, 3.63) is 114 Å². The van der Waals surface area contributed by atoms with Crippen molar-refractivity contribution in [3.8, 4) is 34.5 Å². The second-order valence-electron chi connectivity index (χ2n) is 14.1. The van der Waals surface area contributed by atoms with E-state index in [0.717, 1.165) is 11.1 Å². The SMILES string of the molecule is COc1c(OCCC(C)c2ccc(F)cc2)c(OC)c([N+](=O)[O-])c(C)c1C(C)C(=O)C(C)c1c(C)c([N+](=O)[O-])c(OC)c(OCCC(C)c2ccc(F)cc2)c1OC. The Bertz CT molecular complexity index is 1980. The molecule has 4 aromatic carbocycles. The van der Waals surface area contributed by atoms with Gasteiger partial charge in [0, 0.05) is 34.1 Å². The van der Waals surface area contributed by atoms with Gasteiger partial charge in [-0.3, -0.25) is 25.0 Å². The number of Topliss-reactive ketones (excluding diaryl/α,β-unsaturated/α-hetero) is 1. The van der Waals surface area contributed by atoms with Crippen molar-refractivity contribution in [2.45, 2.75) is 78.1 Å². The minimum Gasteiger partial charge on any atom is -0.492 e. The van der Waals surface area contributed by atoms with Crippen molar-refractivity contribution in [2.24, 2.45) is 0 Å². The standard InChI is InChI=1S/C43H50F2N2O11/c1-23(29-11-15-31(44)16-12-29)19-21-57-42-38(53-7)33(25(3)35(46(49)50)40(42)55-9)27(5)37(48)28(6)34-26(4)36(47(51)52)41(56-10)43(39(34)54-8)58-22-20-24(2)30-13-17-32(45)18-14-30/h11-18,23-24,27-28H,19-22H2,1-10H3. The summed E-state index contributed by atoms with van der Waals surface area (Å²) in [6.45, 7) is 10.1. The lowest BCUT2D eigenvalue weighted by Crippen LogP contribution is -2.21. The minimum atomic E-state index is -1.10. The molecule has 0 amide bonds. The molecule has 312 valence electrons. The first kappa shape index (κ1) is 44.7. The summed E-state index contributed by atoms with van der Waals surface area (Å²) in [5.74, 6) is -3.98. The maximum atomic E-state index is 14.7. The summed E-state index contributed by atoms with van der Waals surface area (Å²) in [5, 5.41) is 25.2. The van der Waals surface area contributed by atoms with Crippen LogP contribution in [0.2, 0.25) is 0 Å². The van der Waals surface area contributed by atoms with Crippen molar-refractivity contribution in [1.82, 2.24) is 0 Å². The topological polar surface area (TPSA) is 159 Å². The molecule has 0 aliphatic carbocycles. The zero-order valence-corrected chi connectivity index (χ0v) is 34.4. The molecule has 13 nitrogen and oxygen atoms in total. The smallest absolute Gasteiger partial charge is 0.318 e. The average molecular weight is 809 g/mol. The summed E-state index contributed by atoms with van der Waals surface area (Å²) < 4.78 is 62.1. The monoisotopic (exact) mass is 808 g/mol. The summed E-state index contributed by atoms with van der Waals surface area (Å²) in [6, 6.07) is 12.1. The van der Waals surface area contributed by atoms with E-state index in [-0.39, 0.29) is 93.4 Å². The molecule has 0 aliphatic heterocycles. The van der Waals surface area contributed by atoms with E-state index >= 15 is 0 Å². The van der Waals surface area contributed by atoms with Crippen LogP contribution in [0, 0.1) is 45.7 Å². The first-order valence-electron chi connectivity index (χ1n) is 18.7. The zero-order valence-electron chi connectivity index (χ0n) is 34.4. The van der Waals surface area contributed by atoms with Gasteiger partial charge in [-0.2, -0.15) is 0 Å². The van der Waals surface area contributed by atoms with E-state index < -0.39 is 38.8 Å². The molecule has 0 bridgehead atoms. The van der Waals surface area contributed by atoms with Crippen LogP contribution in [0.3, 0.4) is 0 Å². The largest absolute Gasteiger partial charge is 0.492 e. The molecule has 0 heterocycles. The highest BCUT2D eigenvalue weighted by molar-refractivity contribution is 5.95. The Hall–Kier alpha value is -5.99. The Morgan fingerprint density at radius 1 is 0.569 bits per heavy atom. The van der Waals surface area contributed by atoms with E-state index in [1.807, 2.05) is 13.8 Å². The maximum absolute atomic E-state index is 14.7. The van der Waals surface area contributed by atoms with Crippen molar-refractivity contribution < 1.29 is 51.8 Å². The Kier molecular flexibility index (Phi) is 15.0. The summed E-state index contributed by atoms with van der Waals surface area (Å²) in [5.41, 5.74) is 1.41.